The lowest BCUT2D eigenvalue weighted by Crippen LogP contribution is -2.36. The van der Waals surface area contributed by atoms with Gasteiger partial charge >= 0.3 is 5.69 Å². The van der Waals surface area contributed by atoms with Gasteiger partial charge in [-0.05, 0) is 37.0 Å². The molecule has 25 heavy (non-hydrogen) atoms. The highest BCUT2D eigenvalue weighted by Crippen LogP contribution is 2.14. The van der Waals surface area contributed by atoms with Crippen LogP contribution >= 0.6 is 0 Å². The highest BCUT2D eigenvalue weighted by atomic mass is 16.5. The van der Waals surface area contributed by atoms with E-state index in [1.807, 2.05) is 12.1 Å². The molecule has 7 heteroatoms. The molecule has 7 nitrogen and oxygen atoms in total. The Labute approximate surface area is 144 Å². The Morgan fingerprint density at radius 2 is 1.72 bits per heavy atom. The van der Waals surface area contributed by atoms with Gasteiger partial charge in [-0.3, -0.25) is 13.9 Å². The van der Waals surface area contributed by atoms with Crippen molar-refractivity contribution in [2.75, 3.05) is 7.11 Å². The molecule has 0 atom stereocenters. The number of aryl methyl sites for hydroxylation is 3. The lowest BCUT2D eigenvalue weighted by molar-refractivity contribution is 0.414. The maximum absolute atomic E-state index is 12.2. The van der Waals surface area contributed by atoms with Crippen LogP contribution in [0.2, 0.25) is 0 Å². The summed E-state index contributed by atoms with van der Waals surface area (Å²) in [5.41, 5.74) is 1.36. The molecule has 1 aromatic carbocycles. The second kappa shape index (κ2) is 6.96. The summed E-state index contributed by atoms with van der Waals surface area (Å²) in [7, 11) is 4.75. The van der Waals surface area contributed by atoms with Gasteiger partial charge in [-0.2, -0.15) is 0 Å². The van der Waals surface area contributed by atoms with E-state index in [0.717, 1.165) is 41.8 Å². The van der Waals surface area contributed by atoms with Crippen molar-refractivity contribution in [1.82, 2.24) is 19.1 Å². The summed E-state index contributed by atoms with van der Waals surface area (Å²) < 4.78 is 7.64. The zero-order valence-corrected chi connectivity index (χ0v) is 14.7. The van der Waals surface area contributed by atoms with E-state index in [9.17, 15) is 9.59 Å². The van der Waals surface area contributed by atoms with Gasteiger partial charge in [-0.25, -0.2) is 9.78 Å². The number of hydrogen-bond donors (Lipinski definition) is 1. The van der Waals surface area contributed by atoms with Gasteiger partial charge in [0, 0.05) is 20.5 Å². The van der Waals surface area contributed by atoms with Crippen LogP contribution in [0.1, 0.15) is 24.2 Å². The molecular weight excluding hydrogens is 320 g/mol. The zero-order valence-electron chi connectivity index (χ0n) is 14.7. The van der Waals surface area contributed by atoms with E-state index in [4.69, 9.17) is 4.74 Å². The third-order valence-corrected chi connectivity index (χ3v) is 4.43. The number of imidazole rings is 1. The molecule has 0 radical (unpaired) electrons. The summed E-state index contributed by atoms with van der Waals surface area (Å²) in [4.78, 5) is 31.6. The SMILES string of the molecule is COc1ccc(CCCCc2nc3c([nH]2)c(=O)n(C)c(=O)n3C)cc1. The molecule has 3 aromatic rings. The first-order chi connectivity index (χ1) is 12.0. The minimum Gasteiger partial charge on any atom is -0.497 e. The van der Waals surface area contributed by atoms with E-state index in [2.05, 4.69) is 22.1 Å². The topological polar surface area (TPSA) is 81.9 Å². The number of hydrogen-bond acceptors (Lipinski definition) is 4. The second-order valence-corrected chi connectivity index (χ2v) is 6.14. The maximum Gasteiger partial charge on any atom is 0.332 e. The molecule has 0 saturated carbocycles. The summed E-state index contributed by atoms with van der Waals surface area (Å²) in [6, 6.07) is 8.06. The van der Waals surface area contributed by atoms with E-state index in [0.29, 0.717) is 11.2 Å². The monoisotopic (exact) mass is 342 g/mol. The highest BCUT2D eigenvalue weighted by Gasteiger charge is 2.13. The molecule has 2 heterocycles. The Bertz CT molecular complexity index is 996. The molecule has 0 unspecified atom stereocenters. The zero-order chi connectivity index (χ0) is 18.0. The lowest BCUT2D eigenvalue weighted by atomic mass is 10.1. The van der Waals surface area contributed by atoms with Crippen molar-refractivity contribution in [3.8, 4) is 5.75 Å². The number of methoxy groups -OCH3 is 1. The maximum atomic E-state index is 12.2. The van der Waals surface area contributed by atoms with Crippen LogP contribution in [0.4, 0.5) is 0 Å². The van der Waals surface area contributed by atoms with Crippen LogP contribution in [0.25, 0.3) is 11.2 Å². The minimum atomic E-state index is -0.366. The second-order valence-electron chi connectivity index (χ2n) is 6.14. The molecule has 0 aliphatic heterocycles. The summed E-state index contributed by atoms with van der Waals surface area (Å²) in [5, 5.41) is 0. The van der Waals surface area contributed by atoms with Crippen LogP contribution in [-0.4, -0.2) is 26.2 Å². The van der Waals surface area contributed by atoms with Crippen molar-refractivity contribution in [2.24, 2.45) is 14.1 Å². The molecule has 0 bridgehead atoms. The lowest BCUT2D eigenvalue weighted by Gasteiger charge is -2.03. The number of nitrogens with one attached hydrogen (secondary N) is 1. The van der Waals surface area contributed by atoms with Crippen molar-refractivity contribution < 1.29 is 4.74 Å². The number of benzene rings is 1. The molecule has 1 N–H and O–H groups in total. The Morgan fingerprint density at radius 3 is 2.40 bits per heavy atom. The molecule has 0 fully saturated rings. The Hall–Kier alpha value is -2.83. The molecule has 2 aromatic heterocycles. The number of H-pyrrole nitrogens is 1. The van der Waals surface area contributed by atoms with Crippen molar-refractivity contribution in [2.45, 2.75) is 25.7 Å². The fourth-order valence-corrected chi connectivity index (χ4v) is 2.91. The molecule has 0 aliphatic rings. The van der Waals surface area contributed by atoms with Gasteiger partial charge in [0.05, 0.1) is 7.11 Å². The highest BCUT2D eigenvalue weighted by molar-refractivity contribution is 5.69. The Balaban J connectivity index is 1.65. The van der Waals surface area contributed by atoms with Gasteiger partial charge in [-0.1, -0.05) is 12.1 Å². The number of aromatic nitrogens is 4. The summed E-state index contributed by atoms with van der Waals surface area (Å²) >= 11 is 0. The van der Waals surface area contributed by atoms with Gasteiger partial charge in [0.25, 0.3) is 5.56 Å². The fraction of sp³-hybridized carbons (Fsp3) is 0.389. The summed E-state index contributed by atoms with van der Waals surface area (Å²) in [6.07, 6.45) is 3.67. The van der Waals surface area contributed by atoms with Gasteiger partial charge in [0.15, 0.2) is 5.65 Å². The smallest absolute Gasteiger partial charge is 0.332 e. The average molecular weight is 342 g/mol. The molecule has 0 spiro atoms. The largest absolute Gasteiger partial charge is 0.497 e. The number of ether oxygens (including phenoxy) is 1. The van der Waals surface area contributed by atoms with Crippen LogP contribution in [0.3, 0.4) is 0 Å². The molecule has 132 valence electrons. The van der Waals surface area contributed by atoms with E-state index < -0.39 is 0 Å². The van der Waals surface area contributed by atoms with Gasteiger partial charge < -0.3 is 9.72 Å². The molecule has 3 rings (SSSR count). The number of aromatic amines is 1. The first kappa shape index (κ1) is 17.0. The number of rotatable bonds is 6. The Kier molecular flexibility index (Phi) is 4.74. The van der Waals surface area contributed by atoms with Crippen LogP contribution < -0.4 is 16.0 Å². The first-order valence-electron chi connectivity index (χ1n) is 8.29. The van der Waals surface area contributed by atoms with Crippen molar-refractivity contribution >= 4 is 11.2 Å². The van der Waals surface area contributed by atoms with Gasteiger partial charge in [0.2, 0.25) is 0 Å². The van der Waals surface area contributed by atoms with Crippen LogP contribution in [-0.2, 0) is 26.9 Å². The van der Waals surface area contributed by atoms with Crippen molar-refractivity contribution in [1.29, 1.82) is 0 Å². The van der Waals surface area contributed by atoms with Crippen molar-refractivity contribution in [3.05, 3.63) is 56.5 Å². The van der Waals surface area contributed by atoms with E-state index >= 15 is 0 Å². The van der Waals surface area contributed by atoms with Crippen LogP contribution in [0.15, 0.2) is 33.9 Å². The Morgan fingerprint density at radius 1 is 1.04 bits per heavy atom. The third kappa shape index (κ3) is 3.35. The molecular formula is C18H22N4O3. The summed E-state index contributed by atoms with van der Waals surface area (Å²) in [6.45, 7) is 0. The predicted octanol–water partition coefficient (Wildman–Crippen LogP) is 1.53. The van der Waals surface area contributed by atoms with Gasteiger partial charge in [-0.15, -0.1) is 0 Å². The first-order valence-corrected chi connectivity index (χ1v) is 8.29. The summed E-state index contributed by atoms with van der Waals surface area (Å²) in [5.74, 6) is 1.60. The number of unbranched alkanes of at least 4 members (excludes halogenated alkanes) is 1. The minimum absolute atomic E-state index is 0.338. The van der Waals surface area contributed by atoms with Crippen LogP contribution in [0.5, 0.6) is 5.75 Å². The molecule has 0 amide bonds. The molecule has 0 aliphatic carbocycles. The quantitative estimate of drug-likeness (QED) is 0.689. The van der Waals surface area contributed by atoms with E-state index in [-0.39, 0.29) is 11.2 Å². The molecule has 0 saturated heterocycles. The van der Waals surface area contributed by atoms with Crippen molar-refractivity contribution in [3.63, 3.8) is 0 Å². The van der Waals surface area contributed by atoms with Crippen LogP contribution in [0, 0.1) is 0 Å². The van der Waals surface area contributed by atoms with E-state index in [1.54, 1.807) is 14.2 Å². The number of fused-ring (bicyclic) bond motifs is 1. The normalized spacial score (nSPS) is 11.2. The van der Waals surface area contributed by atoms with E-state index in [1.165, 1.54) is 17.2 Å². The average Bonchev–Trinajstić information content (AvgIpc) is 3.07. The number of nitrogens with zero attached hydrogens (tertiary/aromatic N) is 3. The standard InChI is InChI=1S/C18H22N4O3/c1-21-16-15(17(23)22(2)18(21)24)19-14(20-16)7-5-4-6-12-8-10-13(25-3)11-9-12/h8-11H,4-7H2,1-3H3,(H,19,20). The van der Waals surface area contributed by atoms with Gasteiger partial charge in [0.1, 0.15) is 17.1 Å². The fourth-order valence-electron chi connectivity index (χ4n) is 2.91. The predicted molar refractivity (Wildman–Crippen MR) is 96.2 cm³/mol. The third-order valence-electron chi connectivity index (χ3n) is 4.43.